The normalized spacial score (nSPS) is 23.4. The van der Waals surface area contributed by atoms with Crippen molar-refractivity contribution in [2.24, 2.45) is 5.92 Å². The summed E-state index contributed by atoms with van der Waals surface area (Å²) in [5.74, 6) is -0.999. The van der Waals surface area contributed by atoms with Crippen LogP contribution in [0.4, 0.5) is 4.79 Å². The lowest BCUT2D eigenvalue weighted by atomic mass is 10.0. The summed E-state index contributed by atoms with van der Waals surface area (Å²) in [5.41, 5.74) is 0. The van der Waals surface area contributed by atoms with Crippen molar-refractivity contribution in [1.29, 1.82) is 0 Å². The molecule has 1 fully saturated rings. The zero-order valence-corrected chi connectivity index (χ0v) is 18.2. The SMILES string of the molecule is CC(C)C[C@H](NC(=O)O)C(=O)N([C@H]1CC[C@@H](C)NC[C@@H]1O)S(=O)(=O)c1ccccn1. The third-order valence-corrected chi connectivity index (χ3v) is 6.74. The highest BCUT2D eigenvalue weighted by Gasteiger charge is 2.43. The van der Waals surface area contributed by atoms with Crippen LogP contribution in [0.2, 0.25) is 0 Å². The number of aromatic nitrogens is 1. The number of carbonyl (C=O) groups excluding carboxylic acids is 1. The number of sulfonamides is 1. The van der Waals surface area contributed by atoms with Crippen LogP contribution in [0.3, 0.4) is 0 Å². The second-order valence-electron chi connectivity index (χ2n) is 7.96. The molecular weight excluding hydrogens is 412 g/mol. The van der Waals surface area contributed by atoms with E-state index in [1.165, 1.54) is 18.3 Å². The van der Waals surface area contributed by atoms with Crippen LogP contribution < -0.4 is 10.6 Å². The van der Waals surface area contributed by atoms with Gasteiger partial charge in [-0.2, -0.15) is 8.42 Å². The second kappa shape index (κ2) is 10.2. The number of aliphatic hydroxyl groups excluding tert-OH is 1. The van der Waals surface area contributed by atoms with Crippen molar-refractivity contribution in [2.45, 2.75) is 69.3 Å². The van der Waals surface area contributed by atoms with Gasteiger partial charge in [-0.15, -0.1) is 0 Å². The molecule has 4 atom stereocenters. The summed E-state index contributed by atoms with van der Waals surface area (Å²) in [5, 5.41) is 24.7. The van der Waals surface area contributed by atoms with Crippen molar-refractivity contribution in [3.05, 3.63) is 24.4 Å². The molecule has 0 unspecified atom stereocenters. The predicted octanol–water partition coefficient (Wildman–Crippen LogP) is 0.783. The smallest absolute Gasteiger partial charge is 0.405 e. The van der Waals surface area contributed by atoms with Gasteiger partial charge in [0.25, 0.3) is 15.9 Å². The molecule has 10 nitrogen and oxygen atoms in total. The molecule has 2 heterocycles. The molecule has 0 radical (unpaired) electrons. The van der Waals surface area contributed by atoms with Crippen LogP contribution in [0.1, 0.15) is 40.0 Å². The van der Waals surface area contributed by atoms with E-state index >= 15 is 0 Å². The standard InChI is InChI=1S/C19H30N4O6S/c1-12(2)10-14(22-19(26)27)18(25)23(15-8-7-13(3)21-11-16(15)24)30(28,29)17-6-4-5-9-20-17/h4-6,9,12-16,21-22,24H,7-8,10-11H2,1-3H3,(H,26,27)/t13-,14+,15+,16+/m1/s1. The first kappa shape index (κ1) is 24.0. The molecule has 2 amide bonds. The van der Waals surface area contributed by atoms with Crippen molar-refractivity contribution in [2.75, 3.05) is 6.54 Å². The Balaban J connectivity index is 2.54. The Morgan fingerprint density at radius 1 is 1.33 bits per heavy atom. The van der Waals surface area contributed by atoms with Crippen molar-refractivity contribution in [3.8, 4) is 0 Å². The van der Waals surface area contributed by atoms with Gasteiger partial charge in [-0.25, -0.2) is 14.1 Å². The monoisotopic (exact) mass is 442 g/mol. The highest BCUT2D eigenvalue weighted by molar-refractivity contribution is 7.89. The molecule has 2 rings (SSSR count). The van der Waals surface area contributed by atoms with Crippen LogP contribution in [-0.2, 0) is 14.8 Å². The van der Waals surface area contributed by atoms with Gasteiger partial charge >= 0.3 is 6.09 Å². The fraction of sp³-hybridized carbons (Fsp3) is 0.632. The Labute approximate surface area is 176 Å². The summed E-state index contributed by atoms with van der Waals surface area (Å²) in [6, 6.07) is 2.00. The Hall–Kier alpha value is -2.24. The van der Waals surface area contributed by atoms with Crippen molar-refractivity contribution in [3.63, 3.8) is 0 Å². The lowest BCUT2D eigenvalue weighted by Gasteiger charge is -2.35. The van der Waals surface area contributed by atoms with Gasteiger partial charge < -0.3 is 20.8 Å². The summed E-state index contributed by atoms with van der Waals surface area (Å²) in [4.78, 5) is 28.6. The van der Waals surface area contributed by atoms with Gasteiger partial charge in [0.15, 0.2) is 5.03 Å². The first-order valence-electron chi connectivity index (χ1n) is 9.94. The van der Waals surface area contributed by atoms with E-state index in [1.807, 2.05) is 6.92 Å². The quantitative estimate of drug-likeness (QED) is 0.484. The molecule has 168 valence electrons. The fourth-order valence-corrected chi connectivity index (χ4v) is 5.12. The van der Waals surface area contributed by atoms with Crippen LogP contribution in [0.25, 0.3) is 0 Å². The van der Waals surface area contributed by atoms with Gasteiger partial charge in [-0.1, -0.05) is 19.9 Å². The van der Waals surface area contributed by atoms with E-state index in [1.54, 1.807) is 19.9 Å². The molecule has 1 aliphatic heterocycles. The van der Waals surface area contributed by atoms with Gasteiger partial charge in [0, 0.05) is 18.8 Å². The highest BCUT2D eigenvalue weighted by atomic mass is 32.2. The molecule has 0 saturated carbocycles. The first-order valence-corrected chi connectivity index (χ1v) is 11.4. The summed E-state index contributed by atoms with van der Waals surface area (Å²) >= 11 is 0. The molecule has 11 heteroatoms. The Kier molecular flexibility index (Phi) is 8.16. The lowest BCUT2D eigenvalue weighted by Crippen LogP contribution is -2.57. The lowest BCUT2D eigenvalue weighted by molar-refractivity contribution is -0.132. The molecule has 1 aliphatic rings. The van der Waals surface area contributed by atoms with Crippen LogP contribution in [-0.4, -0.2) is 70.7 Å². The average molecular weight is 443 g/mol. The van der Waals surface area contributed by atoms with Crippen LogP contribution >= 0.6 is 0 Å². The number of hydrogen-bond donors (Lipinski definition) is 4. The van der Waals surface area contributed by atoms with Crippen LogP contribution in [0.15, 0.2) is 29.4 Å². The zero-order chi connectivity index (χ0) is 22.5. The number of amides is 2. The van der Waals surface area contributed by atoms with Crippen molar-refractivity contribution < 1.29 is 28.2 Å². The molecule has 0 aromatic carbocycles. The molecule has 4 N–H and O–H groups in total. The molecule has 1 aromatic rings. The fourth-order valence-electron chi connectivity index (χ4n) is 3.50. The number of β-amino-alcohol motifs (C(OH)–C–C–N with tert-alkyl or cyclic N) is 1. The molecule has 0 aliphatic carbocycles. The summed E-state index contributed by atoms with van der Waals surface area (Å²) < 4.78 is 27.5. The molecule has 0 bridgehead atoms. The number of nitrogens with zero attached hydrogens (tertiary/aromatic N) is 2. The first-order chi connectivity index (χ1) is 14.0. The second-order valence-corrected chi connectivity index (χ2v) is 9.72. The third-order valence-electron chi connectivity index (χ3n) is 5.00. The zero-order valence-electron chi connectivity index (χ0n) is 17.4. The Morgan fingerprint density at radius 2 is 2.03 bits per heavy atom. The Bertz CT molecular complexity index is 833. The predicted molar refractivity (Wildman–Crippen MR) is 109 cm³/mol. The van der Waals surface area contributed by atoms with E-state index < -0.39 is 40.2 Å². The summed E-state index contributed by atoms with van der Waals surface area (Å²) in [7, 11) is -4.43. The van der Waals surface area contributed by atoms with E-state index in [0.29, 0.717) is 10.7 Å². The average Bonchev–Trinajstić information content (AvgIpc) is 2.83. The number of carboxylic acid groups (broad SMARTS) is 1. The number of hydrogen-bond acceptors (Lipinski definition) is 7. The number of rotatable bonds is 7. The van der Waals surface area contributed by atoms with Crippen molar-refractivity contribution >= 4 is 22.0 Å². The van der Waals surface area contributed by atoms with Gasteiger partial charge in [0.2, 0.25) is 0 Å². The van der Waals surface area contributed by atoms with Crippen molar-refractivity contribution in [1.82, 2.24) is 19.9 Å². The van der Waals surface area contributed by atoms with Crippen LogP contribution in [0.5, 0.6) is 0 Å². The molecule has 1 aromatic heterocycles. The summed E-state index contributed by atoms with van der Waals surface area (Å²) in [6.07, 6.45) is -0.414. The highest BCUT2D eigenvalue weighted by Crippen LogP contribution is 2.25. The minimum absolute atomic E-state index is 0.0303. The van der Waals surface area contributed by atoms with Gasteiger partial charge in [-0.3, -0.25) is 4.79 Å². The largest absolute Gasteiger partial charge is 0.465 e. The topological polar surface area (TPSA) is 149 Å². The number of pyridine rings is 1. The number of aliphatic hydroxyl groups is 1. The van der Waals surface area contributed by atoms with Gasteiger partial charge in [0.05, 0.1) is 12.1 Å². The maximum atomic E-state index is 13.4. The maximum Gasteiger partial charge on any atom is 0.405 e. The molecular formula is C19H30N4O6S. The minimum Gasteiger partial charge on any atom is -0.465 e. The molecule has 30 heavy (non-hydrogen) atoms. The Morgan fingerprint density at radius 3 is 2.60 bits per heavy atom. The molecule has 0 spiro atoms. The van der Waals surface area contributed by atoms with Gasteiger partial charge in [-0.05, 0) is 44.2 Å². The minimum atomic E-state index is -4.43. The van der Waals surface area contributed by atoms with Gasteiger partial charge in [0.1, 0.15) is 6.04 Å². The van der Waals surface area contributed by atoms with E-state index in [2.05, 4.69) is 15.6 Å². The molecule has 1 saturated heterocycles. The third kappa shape index (κ3) is 5.89. The maximum absolute atomic E-state index is 13.4. The number of nitrogens with one attached hydrogen (secondary N) is 2. The van der Waals surface area contributed by atoms with E-state index in [4.69, 9.17) is 0 Å². The van der Waals surface area contributed by atoms with E-state index in [9.17, 15) is 28.2 Å². The summed E-state index contributed by atoms with van der Waals surface area (Å²) in [6.45, 7) is 5.61. The van der Waals surface area contributed by atoms with Crippen LogP contribution in [0, 0.1) is 5.92 Å². The number of carbonyl (C=O) groups is 2. The van der Waals surface area contributed by atoms with E-state index in [-0.39, 0.29) is 36.4 Å². The van der Waals surface area contributed by atoms with E-state index in [0.717, 1.165) is 0 Å².